The van der Waals surface area contributed by atoms with Gasteiger partial charge in [0.25, 0.3) is 0 Å². The van der Waals surface area contributed by atoms with Gasteiger partial charge in [0, 0.05) is 5.41 Å². The van der Waals surface area contributed by atoms with E-state index in [4.69, 9.17) is 4.74 Å². The van der Waals surface area contributed by atoms with Crippen molar-refractivity contribution < 1.29 is 9.53 Å². The van der Waals surface area contributed by atoms with E-state index < -0.39 is 0 Å². The van der Waals surface area contributed by atoms with Gasteiger partial charge in [-0.05, 0) is 71.3 Å². The van der Waals surface area contributed by atoms with Gasteiger partial charge in [-0.1, -0.05) is 70.5 Å². The van der Waals surface area contributed by atoms with E-state index in [0.29, 0.717) is 18.4 Å². The summed E-state index contributed by atoms with van der Waals surface area (Å²) in [5.41, 5.74) is 5.24. The zero-order valence-electron chi connectivity index (χ0n) is 18.3. The number of benzene rings is 2. The first-order valence-electron chi connectivity index (χ1n) is 11.2. The standard InChI is InChI=1S/C27H34O2/c1-19(2)22-15-21-11-12-25-26(3,18-28)13-8-14-27(25,4)23(21)16-24(22)29-17-20-9-6-5-7-10-20/h5-7,9-10,15-16,18-19,25H,8,11-14,17H2,1-4H3/t25-,26-,27+/m0/s1. The molecule has 3 atom stereocenters. The fraction of sp³-hybridized carbons (Fsp3) is 0.519. The Labute approximate surface area is 175 Å². The lowest BCUT2D eigenvalue weighted by atomic mass is 9.50. The lowest BCUT2D eigenvalue weighted by Gasteiger charge is -2.53. The van der Waals surface area contributed by atoms with Crippen LogP contribution in [0.1, 0.15) is 81.5 Å². The highest BCUT2D eigenvalue weighted by Crippen LogP contribution is 2.57. The van der Waals surface area contributed by atoms with Crippen LogP contribution in [-0.2, 0) is 23.2 Å². The van der Waals surface area contributed by atoms with E-state index >= 15 is 0 Å². The first kappa shape index (κ1) is 20.2. The summed E-state index contributed by atoms with van der Waals surface area (Å²) in [6.45, 7) is 9.66. The first-order chi connectivity index (χ1) is 13.9. The van der Waals surface area contributed by atoms with Crippen molar-refractivity contribution in [2.75, 3.05) is 0 Å². The molecule has 1 saturated carbocycles. The topological polar surface area (TPSA) is 26.3 Å². The molecule has 2 aliphatic rings. The van der Waals surface area contributed by atoms with Crippen LogP contribution in [0.5, 0.6) is 5.75 Å². The highest BCUT2D eigenvalue weighted by atomic mass is 16.5. The van der Waals surface area contributed by atoms with E-state index in [2.05, 4.69) is 64.1 Å². The van der Waals surface area contributed by atoms with Gasteiger partial charge in [0.1, 0.15) is 18.6 Å². The van der Waals surface area contributed by atoms with Crippen molar-refractivity contribution in [2.24, 2.45) is 11.3 Å². The number of fused-ring (bicyclic) bond motifs is 3. The zero-order chi connectivity index (χ0) is 20.6. The summed E-state index contributed by atoms with van der Waals surface area (Å²) in [4.78, 5) is 12.0. The second-order valence-electron chi connectivity index (χ2n) is 9.96. The van der Waals surface area contributed by atoms with Gasteiger partial charge in [-0.15, -0.1) is 0 Å². The molecule has 154 valence electrons. The Kier molecular flexibility index (Phi) is 5.31. The van der Waals surface area contributed by atoms with Gasteiger partial charge in [0.15, 0.2) is 0 Å². The van der Waals surface area contributed by atoms with E-state index in [0.717, 1.165) is 37.9 Å². The van der Waals surface area contributed by atoms with Crippen LogP contribution in [0.4, 0.5) is 0 Å². The molecule has 0 spiro atoms. The van der Waals surface area contributed by atoms with Crippen molar-refractivity contribution in [3.8, 4) is 5.75 Å². The molecule has 0 aliphatic heterocycles. The molecule has 2 heteroatoms. The lowest BCUT2D eigenvalue weighted by Crippen LogP contribution is -2.49. The number of hydrogen-bond acceptors (Lipinski definition) is 2. The third-order valence-corrected chi connectivity index (χ3v) is 7.66. The van der Waals surface area contributed by atoms with Gasteiger partial charge >= 0.3 is 0 Å². The summed E-state index contributed by atoms with van der Waals surface area (Å²) < 4.78 is 6.38. The predicted octanol–water partition coefficient (Wildman–Crippen LogP) is 6.60. The SMILES string of the molecule is CC(C)c1cc2c(cc1OCc1ccccc1)[C@@]1(C)CCC[C@@](C)(C=O)[C@@H]1CC2. The first-order valence-corrected chi connectivity index (χ1v) is 11.2. The third kappa shape index (κ3) is 3.52. The maximum atomic E-state index is 12.0. The minimum absolute atomic E-state index is 0.0574. The molecule has 0 saturated heterocycles. The van der Waals surface area contributed by atoms with Crippen molar-refractivity contribution in [2.45, 2.75) is 77.7 Å². The van der Waals surface area contributed by atoms with E-state index in [1.807, 2.05) is 6.07 Å². The molecule has 2 aliphatic carbocycles. The molecule has 2 aromatic rings. The van der Waals surface area contributed by atoms with E-state index in [1.54, 1.807) is 0 Å². The third-order valence-electron chi connectivity index (χ3n) is 7.66. The number of carbonyl (C=O) groups is 1. The van der Waals surface area contributed by atoms with Crippen LogP contribution in [0, 0.1) is 11.3 Å². The molecule has 0 radical (unpaired) electrons. The Bertz CT molecular complexity index is 885. The molecule has 0 unspecified atom stereocenters. The number of carbonyl (C=O) groups excluding carboxylic acids is 1. The Morgan fingerprint density at radius 3 is 2.59 bits per heavy atom. The summed E-state index contributed by atoms with van der Waals surface area (Å²) in [5, 5.41) is 0. The maximum Gasteiger partial charge on any atom is 0.126 e. The van der Waals surface area contributed by atoms with Gasteiger partial charge in [-0.25, -0.2) is 0 Å². The van der Waals surface area contributed by atoms with Gasteiger partial charge < -0.3 is 9.53 Å². The van der Waals surface area contributed by atoms with E-state index in [9.17, 15) is 4.79 Å². The Morgan fingerprint density at radius 1 is 1.14 bits per heavy atom. The summed E-state index contributed by atoms with van der Waals surface area (Å²) in [7, 11) is 0. The van der Waals surface area contributed by atoms with Crippen LogP contribution >= 0.6 is 0 Å². The Hall–Kier alpha value is -2.09. The number of aryl methyl sites for hydroxylation is 1. The van der Waals surface area contributed by atoms with Crippen molar-refractivity contribution in [3.05, 3.63) is 64.7 Å². The van der Waals surface area contributed by atoms with Crippen molar-refractivity contribution in [3.63, 3.8) is 0 Å². The number of hydrogen-bond donors (Lipinski definition) is 0. The molecule has 0 aromatic heterocycles. The quantitative estimate of drug-likeness (QED) is 0.538. The number of aldehydes is 1. The molecule has 0 bridgehead atoms. The lowest BCUT2D eigenvalue weighted by molar-refractivity contribution is -0.123. The van der Waals surface area contributed by atoms with Crippen molar-refractivity contribution in [1.82, 2.24) is 0 Å². The second kappa shape index (κ2) is 7.63. The molecule has 29 heavy (non-hydrogen) atoms. The van der Waals surface area contributed by atoms with Crippen LogP contribution in [0.3, 0.4) is 0 Å². The predicted molar refractivity (Wildman–Crippen MR) is 118 cm³/mol. The molecule has 1 fully saturated rings. The smallest absolute Gasteiger partial charge is 0.126 e. The van der Waals surface area contributed by atoms with Gasteiger partial charge in [-0.2, -0.15) is 0 Å². The highest BCUT2D eigenvalue weighted by molar-refractivity contribution is 5.61. The number of rotatable bonds is 5. The number of ether oxygens (including phenoxy) is 1. The molecule has 0 amide bonds. The van der Waals surface area contributed by atoms with Crippen molar-refractivity contribution >= 4 is 6.29 Å². The molecule has 0 heterocycles. The minimum Gasteiger partial charge on any atom is -0.489 e. The van der Waals surface area contributed by atoms with Crippen LogP contribution in [0.15, 0.2) is 42.5 Å². The monoisotopic (exact) mass is 390 g/mol. The molecule has 0 N–H and O–H groups in total. The van der Waals surface area contributed by atoms with Crippen LogP contribution < -0.4 is 4.74 Å². The van der Waals surface area contributed by atoms with Gasteiger partial charge in [0.05, 0.1) is 0 Å². The van der Waals surface area contributed by atoms with Crippen LogP contribution in [-0.4, -0.2) is 6.29 Å². The average molecular weight is 391 g/mol. The van der Waals surface area contributed by atoms with E-state index in [1.165, 1.54) is 28.5 Å². The molecule has 2 nitrogen and oxygen atoms in total. The molecule has 2 aromatic carbocycles. The van der Waals surface area contributed by atoms with Crippen LogP contribution in [0.2, 0.25) is 0 Å². The molecule has 4 rings (SSSR count). The summed E-state index contributed by atoms with van der Waals surface area (Å²) in [6, 6.07) is 15.1. The Balaban J connectivity index is 1.74. The fourth-order valence-corrected chi connectivity index (χ4v) is 6.02. The minimum atomic E-state index is -0.202. The van der Waals surface area contributed by atoms with Gasteiger partial charge in [0.2, 0.25) is 0 Å². The average Bonchev–Trinajstić information content (AvgIpc) is 2.72. The fourth-order valence-electron chi connectivity index (χ4n) is 6.02. The molecular weight excluding hydrogens is 356 g/mol. The van der Waals surface area contributed by atoms with E-state index in [-0.39, 0.29) is 10.8 Å². The van der Waals surface area contributed by atoms with Crippen LogP contribution in [0.25, 0.3) is 0 Å². The second-order valence-corrected chi connectivity index (χ2v) is 9.96. The Morgan fingerprint density at radius 2 is 1.90 bits per heavy atom. The highest BCUT2D eigenvalue weighted by Gasteiger charge is 2.52. The summed E-state index contributed by atoms with van der Waals surface area (Å²) in [5.74, 6) is 1.85. The van der Waals surface area contributed by atoms with Gasteiger partial charge in [-0.3, -0.25) is 0 Å². The summed E-state index contributed by atoms with van der Waals surface area (Å²) >= 11 is 0. The van der Waals surface area contributed by atoms with Crippen molar-refractivity contribution in [1.29, 1.82) is 0 Å². The maximum absolute atomic E-state index is 12.0. The largest absolute Gasteiger partial charge is 0.489 e. The molecular formula is C27H34O2. The summed E-state index contributed by atoms with van der Waals surface area (Å²) in [6.07, 6.45) is 6.72. The zero-order valence-corrected chi connectivity index (χ0v) is 18.3. The normalized spacial score (nSPS) is 28.5.